The average molecular weight is 285 g/mol. The van der Waals surface area contributed by atoms with Gasteiger partial charge in [0.15, 0.2) is 5.13 Å². The summed E-state index contributed by atoms with van der Waals surface area (Å²) in [7, 11) is 0. The minimum atomic E-state index is -0.846. The number of aliphatic carboxylic acids is 1. The first-order chi connectivity index (χ1) is 9.02. The first-order valence-corrected chi connectivity index (χ1v) is 7.05. The average Bonchev–Trinajstić information content (AvgIpc) is 2.81. The lowest BCUT2D eigenvalue weighted by Gasteiger charge is -2.22. The van der Waals surface area contributed by atoms with Gasteiger partial charge < -0.3 is 10.4 Å². The van der Waals surface area contributed by atoms with Crippen LogP contribution in [0.1, 0.15) is 20.3 Å². The maximum absolute atomic E-state index is 11.8. The lowest BCUT2D eigenvalue weighted by molar-refractivity contribution is -0.142. The number of carbonyl (C=O) groups excluding carboxylic acids is 1. The van der Waals surface area contributed by atoms with Gasteiger partial charge >= 0.3 is 5.97 Å². The van der Waals surface area contributed by atoms with Crippen molar-refractivity contribution in [2.24, 2.45) is 5.92 Å². The number of carboxylic acids is 1. The molecule has 0 bridgehead atoms. The van der Waals surface area contributed by atoms with Gasteiger partial charge in [-0.15, -0.1) is 11.3 Å². The quantitative estimate of drug-likeness (QED) is 0.756. The van der Waals surface area contributed by atoms with E-state index in [9.17, 15) is 9.59 Å². The number of thiazole rings is 1. The first-order valence-electron chi connectivity index (χ1n) is 6.17. The number of carbonyl (C=O) groups is 2. The van der Waals surface area contributed by atoms with Gasteiger partial charge in [0, 0.05) is 18.1 Å². The van der Waals surface area contributed by atoms with E-state index in [2.05, 4.69) is 10.3 Å². The molecule has 0 aliphatic carbocycles. The molecule has 7 heteroatoms. The molecule has 0 aliphatic rings. The van der Waals surface area contributed by atoms with Crippen molar-refractivity contribution in [2.75, 3.05) is 25.0 Å². The molecule has 19 heavy (non-hydrogen) atoms. The second kappa shape index (κ2) is 7.85. The Morgan fingerprint density at radius 2 is 2.32 bits per heavy atom. The molecule has 0 aromatic carbocycles. The molecule has 1 rings (SSSR count). The molecule has 0 saturated carbocycles. The zero-order valence-corrected chi connectivity index (χ0v) is 11.9. The summed E-state index contributed by atoms with van der Waals surface area (Å²) >= 11 is 1.35. The smallest absolute Gasteiger partial charge is 0.307 e. The maximum atomic E-state index is 11.8. The van der Waals surface area contributed by atoms with Crippen molar-refractivity contribution in [3.63, 3.8) is 0 Å². The molecular formula is C12H19N3O3S. The lowest BCUT2D eigenvalue weighted by atomic mass is 10.1. The van der Waals surface area contributed by atoms with Crippen molar-refractivity contribution >= 4 is 28.3 Å². The number of rotatable bonds is 8. The predicted molar refractivity (Wildman–Crippen MR) is 74.3 cm³/mol. The molecule has 1 atom stereocenters. The van der Waals surface area contributed by atoms with Gasteiger partial charge in [-0.05, 0) is 13.0 Å². The van der Waals surface area contributed by atoms with E-state index in [1.807, 2.05) is 11.8 Å². The number of nitrogens with zero attached hydrogens (tertiary/aromatic N) is 2. The normalized spacial score (nSPS) is 12.4. The summed E-state index contributed by atoms with van der Waals surface area (Å²) in [5, 5.41) is 13.9. The van der Waals surface area contributed by atoms with Gasteiger partial charge in [-0.25, -0.2) is 4.98 Å². The van der Waals surface area contributed by atoms with Crippen LogP contribution in [0.25, 0.3) is 0 Å². The zero-order chi connectivity index (χ0) is 14.3. The summed E-state index contributed by atoms with van der Waals surface area (Å²) < 4.78 is 0. The van der Waals surface area contributed by atoms with Crippen LogP contribution in [0.5, 0.6) is 0 Å². The largest absolute Gasteiger partial charge is 0.481 e. The van der Waals surface area contributed by atoms with Gasteiger partial charge in [0.05, 0.1) is 12.5 Å². The predicted octanol–water partition coefficient (Wildman–Crippen LogP) is 1.51. The fourth-order valence-electron chi connectivity index (χ4n) is 1.66. The minimum Gasteiger partial charge on any atom is -0.481 e. The van der Waals surface area contributed by atoms with Gasteiger partial charge in [0.25, 0.3) is 0 Å². The summed E-state index contributed by atoms with van der Waals surface area (Å²) in [5.41, 5.74) is 0. The van der Waals surface area contributed by atoms with E-state index in [4.69, 9.17) is 5.11 Å². The Kier molecular flexibility index (Phi) is 6.44. The van der Waals surface area contributed by atoms with Crippen molar-refractivity contribution in [3.05, 3.63) is 11.6 Å². The Balaban J connectivity index is 2.47. The minimum absolute atomic E-state index is 0.166. The Bertz CT molecular complexity index is 408. The molecule has 0 fully saturated rings. The van der Waals surface area contributed by atoms with Gasteiger partial charge in [-0.1, -0.05) is 13.8 Å². The van der Waals surface area contributed by atoms with Crippen LogP contribution < -0.4 is 5.32 Å². The first kappa shape index (κ1) is 15.6. The number of hydrogen-bond donors (Lipinski definition) is 2. The summed E-state index contributed by atoms with van der Waals surface area (Å²) in [6, 6.07) is 0. The fraction of sp³-hybridized carbons (Fsp3) is 0.583. The van der Waals surface area contributed by atoms with Crippen LogP contribution >= 0.6 is 11.3 Å². The van der Waals surface area contributed by atoms with Crippen molar-refractivity contribution in [2.45, 2.75) is 20.3 Å². The third-order valence-electron chi connectivity index (χ3n) is 2.54. The summed E-state index contributed by atoms with van der Waals surface area (Å²) in [6.45, 7) is 4.89. The maximum Gasteiger partial charge on any atom is 0.307 e. The van der Waals surface area contributed by atoms with E-state index in [1.54, 1.807) is 18.5 Å². The van der Waals surface area contributed by atoms with Crippen LogP contribution in [-0.4, -0.2) is 46.5 Å². The molecule has 1 aromatic rings. The number of amides is 1. The molecule has 1 amide bonds. The van der Waals surface area contributed by atoms with Gasteiger partial charge in [-0.3, -0.25) is 14.5 Å². The third-order valence-corrected chi connectivity index (χ3v) is 3.23. The monoisotopic (exact) mass is 285 g/mol. The van der Waals surface area contributed by atoms with Crippen LogP contribution in [-0.2, 0) is 9.59 Å². The molecule has 1 aromatic heterocycles. The zero-order valence-electron chi connectivity index (χ0n) is 11.1. The van der Waals surface area contributed by atoms with Gasteiger partial charge in [0.2, 0.25) is 5.91 Å². The molecular weight excluding hydrogens is 266 g/mol. The van der Waals surface area contributed by atoms with Crippen LogP contribution in [0, 0.1) is 5.92 Å². The number of hydrogen-bond acceptors (Lipinski definition) is 5. The van der Waals surface area contributed by atoms with Crippen LogP contribution in [0.15, 0.2) is 11.6 Å². The molecule has 1 heterocycles. The highest BCUT2D eigenvalue weighted by Gasteiger charge is 2.18. The highest BCUT2D eigenvalue weighted by atomic mass is 32.1. The molecule has 2 N–H and O–H groups in total. The van der Waals surface area contributed by atoms with Crippen LogP contribution in [0.2, 0.25) is 0 Å². The van der Waals surface area contributed by atoms with E-state index in [0.29, 0.717) is 18.2 Å². The molecule has 1 unspecified atom stereocenters. The van der Waals surface area contributed by atoms with Crippen LogP contribution in [0.3, 0.4) is 0 Å². The van der Waals surface area contributed by atoms with E-state index < -0.39 is 11.9 Å². The fourth-order valence-corrected chi connectivity index (χ4v) is 2.21. The number of anilines is 1. The molecule has 0 saturated heterocycles. The SMILES string of the molecule is CCCN(CC(=O)Nc1nccs1)CC(C)C(=O)O. The number of carboxylic acid groups (broad SMARTS) is 1. The summed E-state index contributed by atoms with van der Waals surface area (Å²) in [4.78, 5) is 28.5. The highest BCUT2D eigenvalue weighted by molar-refractivity contribution is 7.13. The Morgan fingerprint density at radius 3 is 2.84 bits per heavy atom. The van der Waals surface area contributed by atoms with Crippen molar-refractivity contribution in [3.8, 4) is 0 Å². The number of nitrogens with one attached hydrogen (secondary N) is 1. The Labute approximate surface area is 116 Å². The molecule has 0 radical (unpaired) electrons. The van der Waals surface area contributed by atoms with Crippen molar-refractivity contribution in [1.82, 2.24) is 9.88 Å². The van der Waals surface area contributed by atoms with E-state index >= 15 is 0 Å². The van der Waals surface area contributed by atoms with E-state index in [1.165, 1.54) is 11.3 Å². The van der Waals surface area contributed by atoms with Crippen molar-refractivity contribution in [1.29, 1.82) is 0 Å². The lowest BCUT2D eigenvalue weighted by Crippen LogP contribution is -2.38. The summed E-state index contributed by atoms with van der Waals surface area (Å²) in [6.07, 6.45) is 2.49. The second-order valence-corrected chi connectivity index (χ2v) is 5.25. The summed E-state index contributed by atoms with van der Waals surface area (Å²) in [5.74, 6) is -1.50. The topological polar surface area (TPSA) is 82.5 Å². The van der Waals surface area contributed by atoms with Crippen LogP contribution in [0.4, 0.5) is 5.13 Å². The molecule has 106 valence electrons. The third kappa shape index (κ3) is 5.80. The molecule has 0 spiro atoms. The Morgan fingerprint density at radius 1 is 1.58 bits per heavy atom. The van der Waals surface area contributed by atoms with E-state index in [0.717, 1.165) is 6.42 Å². The van der Waals surface area contributed by atoms with Crippen molar-refractivity contribution < 1.29 is 14.7 Å². The highest BCUT2D eigenvalue weighted by Crippen LogP contribution is 2.10. The van der Waals surface area contributed by atoms with E-state index in [-0.39, 0.29) is 12.5 Å². The molecule has 0 aliphatic heterocycles. The number of aromatic nitrogens is 1. The Hall–Kier alpha value is -1.47. The van der Waals surface area contributed by atoms with Gasteiger partial charge in [0.1, 0.15) is 0 Å². The molecule has 6 nitrogen and oxygen atoms in total. The second-order valence-electron chi connectivity index (χ2n) is 4.36. The standard InChI is InChI=1S/C12H19N3O3S/c1-3-5-15(7-9(2)11(17)18)8-10(16)14-12-13-4-6-19-12/h4,6,9H,3,5,7-8H2,1-2H3,(H,17,18)(H,13,14,16). The van der Waals surface area contributed by atoms with Gasteiger partial charge in [-0.2, -0.15) is 0 Å².